The Morgan fingerprint density at radius 3 is 2.66 bits per heavy atom. The molecule has 0 radical (unpaired) electrons. The van der Waals surface area contributed by atoms with Crippen LogP contribution in [-0.2, 0) is 22.8 Å². The second kappa shape index (κ2) is 9.43. The lowest BCUT2D eigenvalue weighted by Gasteiger charge is -2.17. The van der Waals surface area contributed by atoms with Crippen molar-refractivity contribution in [3.8, 4) is 0 Å². The number of hydroxylamine groups is 2. The van der Waals surface area contributed by atoms with E-state index in [1.54, 1.807) is 42.7 Å². The first-order valence-corrected chi connectivity index (χ1v) is 8.74. The molecule has 0 aliphatic heterocycles. The number of benzene rings is 2. The first-order valence-electron chi connectivity index (χ1n) is 8.74. The third-order valence-corrected chi connectivity index (χ3v) is 4.06. The van der Waals surface area contributed by atoms with E-state index in [1.165, 1.54) is 12.1 Å². The molecule has 148 valence electrons. The normalized spacial score (nSPS) is 10.4. The van der Waals surface area contributed by atoms with E-state index in [1.807, 2.05) is 6.07 Å². The van der Waals surface area contributed by atoms with Crippen molar-refractivity contribution in [2.45, 2.75) is 13.2 Å². The topological polar surface area (TPSA) is 97.6 Å². The number of rotatable bonds is 8. The summed E-state index contributed by atoms with van der Waals surface area (Å²) in [6.07, 6.45) is 3.90. The molecule has 1 heterocycles. The van der Waals surface area contributed by atoms with E-state index in [-0.39, 0.29) is 24.5 Å². The van der Waals surface area contributed by atoms with Crippen LogP contribution < -0.4 is 11.1 Å². The van der Waals surface area contributed by atoms with Gasteiger partial charge in [0.1, 0.15) is 12.4 Å². The van der Waals surface area contributed by atoms with Crippen LogP contribution in [-0.4, -0.2) is 22.4 Å². The summed E-state index contributed by atoms with van der Waals surface area (Å²) in [6.45, 7) is 0.421. The maximum Gasteiger partial charge on any atom is 0.255 e. The van der Waals surface area contributed by atoms with Gasteiger partial charge in [-0.25, -0.2) is 9.45 Å². The van der Waals surface area contributed by atoms with Crippen LogP contribution in [0.5, 0.6) is 0 Å². The summed E-state index contributed by atoms with van der Waals surface area (Å²) in [6, 6.07) is 14.0. The smallest absolute Gasteiger partial charge is 0.255 e. The molecule has 2 aromatic carbocycles. The van der Waals surface area contributed by atoms with Crippen LogP contribution in [0.3, 0.4) is 0 Å². The van der Waals surface area contributed by atoms with Crippen LogP contribution in [0.4, 0.5) is 15.8 Å². The Morgan fingerprint density at radius 2 is 1.97 bits per heavy atom. The molecular formula is C21H19FN4O3. The Hall–Kier alpha value is -3.78. The lowest BCUT2D eigenvalue weighted by atomic mass is 10.1. The van der Waals surface area contributed by atoms with Crippen molar-refractivity contribution in [2.75, 3.05) is 11.1 Å². The van der Waals surface area contributed by atoms with E-state index < -0.39 is 11.7 Å². The fraction of sp³-hybridized carbons (Fsp3) is 0.0952. The predicted octanol–water partition coefficient (Wildman–Crippen LogP) is 3.15. The summed E-state index contributed by atoms with van der Waals surface area (Å²) >= 11 is 0. The number of nitrogens with zero attached hydrogens (tertiary/aromatic N) is 2. The molecule has 0 spiro atoms. The number of amides is 2. The maximum absolute atomic E-state index is 13.3. The highest BCUT2D eigenvalue weighted by Gasteiger charge is 2.10. The number of carbonyl (C=O) groups is 2. The minimum absolute atomic E-state index is 0.204. The van der Waals surface area contributed by atoms with Crippen LogP contribution in [0, 0.1) is 5.82 Å². The molecule has 3 aromatic rings. The van der Waals surface area contributed by atoms with Crippen molar-refractivity contribution in [2.24, 2.45) is 0 Å². The molecule has 1 aromatic heterocycles. The predicted molar refractivity (Wildman–Crippen MR) is 106 cm³/mol. The lowest BCUT2D eigenvalue weighted by molar-refractivity contribution is -0.181. The van der Waals surface area contributed by atoms with Gasteiger partial charge in [-0.3, -0.25) is 19.4 Å². The van der Waals surface area contributed by atoms with Crippen LogP contribution in [0.1, 0.15) is 21.5 Å². The monoisotopic (exact) mass is 394 g/mol. The van der Waals surface area contributed by atoms with Gasteiger partial charge in [0.15, 0.2) is 0 Å². The molecule has 0 unspecified atom stereocenters. The summed E-state index contributed by atoms with van der Waals surface area (Å²) in [4.78, 5) is 33.0. The highest BCUT2D eigenvalue weighted by molar-refractivity contribution is 6.05. The van der Waals surface area contributed by atoms with Crippen LogP contribution >= 0.6 is 0 Å². The van der Waals surface area contributed by atoms with E-state index in [2.05, 4.69) is 10.3 Å². The Bertz CT molecular complexity index is 981. The summed E-state index contributed by atoms with van der Waals surface area (Å²) in [7, 11) is 0. The molecule has 8 heteroatoms. The van der Waals surface area contributed by atoms with Gasteiger partial charge < -0.3 is 11.1 Å². The number of pyridine rings is 1. The quantitative estimate of drug-likeness (QED) is 0.348. The number of hydrogen-bond donors (Lipinski definition) is 2. The number of halogens is 1. The molecule has 2 amide bonds. The molecule has 29 heavy (non-hydrogen) atoms. The first kappa shape index (κ1) is 20.0. The highest BCUT2D eigenvalue weighted by atomic mass is 19.1. The van der Waals surface area contributed by atoms with E-state index in [0.29, 0.717) is 12.0 Å². The minimum atomic E-state index is -0.495. The number of anilines is 2. The zero-order chi connectivity index (χ0) is 20.6. The Balaban J connectivity index is 1.59. The fourth-order valence-electron chi connectivity index (χ4n) is 2.53. The van der Waals surface area contributed by atoms with Gasteiger partial charge in [-0.2, -0.15) is 0 Å². The van der Waals surface area contributed by atoms with Crippen LogP contribution in [0.2, 0.25) is 0 Å². The number of aromatic nitrogens is 1. The lowest BCUT2D eigenvalue weighted by Crippen LogP contribution is -2.22. The zero-order valence-corrected chi connectivity index (χ0v) is 15.4. The molecule has 0 bridgehead atoms. The highest BCUT2D eigenvalue weighted by Crippen LogP contribution is 2.20. The number of nitrogen functional groups attached to an aromatic ring is 1. The van der Waals surface area contributed by atoms with Gasteiger partial charge in [0.05, 0.1) is 17.9 Å². The third kappa shape index (κ3) is 5.60. The van der Waals surface area contributed by atoms with Gasteiger partial charge >= 0.3 is 0 Å². The summed E-state index contributed by atoms with van der Waals surface area (Å²) in [5, 5.41) is 3.74. The number of carbonyl (C=O) groups excluding carboxylic acids is 2. The Morgan fingerprint density at radius 1 is 1.17 bits per heavy atom. The molecule has 0 aliphatic rings. The molecule has 0 atom stereocenters. The van der Waals surface area contributed by atoms with Crippen molar-refractivity contribution in [1.29, 1.82) is 0 Å². The zero-order valence-electron chi connectivity index (χ0n) is 15.4. The fourth-order valence-corrected chi connectivity index (χ4v) is 2.53. The standard InChI is InChI=1S/C21H19FN4O3/c22-18-7-8-19(23)20(10-18)25-21(28)17-5-3-15(4-6-17)12-26(14-27)29-13-16-2-1-9-24-11-16/h1-11,14H,12-13,23H2,(H,25,28). The molecule has 0 saturated heterocycles. The van der Waals surface area contributed by atoms with Crippen molar-refractivity contribution in [3.63, 3.8) is 0 Å². The molecule has 0 saturated carbocycles. The minimum Gasteiger partial charge on any atom is -0.397 e. The van der Waals surface area contributed by atoms with Crippen molar-refractivity contribution >= 4 is 23.7 Å². The average Bonchev–Trinajstić information content (AvgIpc) is 2.75. The van der Waals surface area contributed by atoms with Crippen molar-refractivity contribution in [1.82, 2.24) is 10.0 Å². The number of hydrogen-bond acceptors (Lipinski definition) is 5. The maximum atomic E-state index is 13.3. The molecule has 3 rings (SSSR count). The molecule has 7 nitrogen and oxygen atoms in total. The third-order valence-electron chi connectivity index (χ3n) is 4.06. The molecular weight excluding hydrogens is 375 g/mol. The van der Waals surface area contributed by atoms with Gasteiger partial charge in [0, 0.05) is 18.0 Å². The van der Waals surface area contributed by atoms with E-state index >= 15 is 0 Å². The molecule has 0 aliphatic carbocycles. The van der Waals surface area contributed by atoms with Crippen LogP contribution in [0.15, 0.2) is 67.0 Å². The second-order valence-corrected chi connectivity index (χ2v) is 6.20. The molecule has 0 fully saturated rings. The van der Waals surface area contributed by atoms with Gasteiger partial charge in [-0.05, 0) is 47.5 Å². The first-order chi connectivity index (χ1) is 14.0. The summed E-state index contributed by atoms with van der Waals surface area (Å²) in [5.41, 5.74) is 8.19. The Labute approximate surface area is 166 Å². The SMILES string of the molecule is Nc1ccc(F)cc1NC(=O)c1ccc(CN(C=O)OCc2cccnc2)cc1. The van der Waals surface area contributed by atoms with Gasteiger partial charge in [-0.1, -0.05) is 18.2 Å². The van der Waals surface area contributed by atoms with E-state index in [9.17, 15) is 14.0 Å². The van der Waals surface area contributed by atoms with Gasteiger partial charge in [0.25, 0.3) is 5.91 Å². The van der Waals surface area contributed by atoms with Crippen molar-refractivity contribution < 1.29 is 18.8 Å². The molecule has 3 N–H and O–H groups in total. The second-order valence-electron chi connectivity index (χ2n) is 6.20. The van der Waals surface area contributed by atoms with Gasteiger partial charge in [0.2, 0.25) is 6.41 Å². The number of nitrogens with one attached hydrogen (secondary N) is 1. The van der Waals surface area contributed by atoms with E-state index in [0.717, 1.165) is 22.3 Å². The van der Waals surface area contributed by atoms with Crippen LogP contribution in [0.25, 0.3) is 0 Å². The van der Waals surface area contributed by atoms with E-state index in [4.69, 9.17) is 10.6 Å². The average molecular weight is 394 g/mol. The summed E-state index contributed by atoms with van der Waals surface area (Å²) in [5.74, 6) is -0.918. The van der Waals surface area contributed by atoms with Gasteiger partial charge in [-0.15, -0.1) is 0 Å². The summed E-state index contributed by atoms with van der Waals surface area (Å²) < 4.78 is 13.3. The Kier molecular flexibility index (Phi) is 6.49. The van der Waals surface area contributed by atoms with Crippen molar-refractivity contribution in [3.05, 3.63) is 89.5 Å². The number of nitrogens with two attached hydrogens (primary N) is 1. The largest absolute Gasteiger partial charge is 0.397 e.